The van der Waals surface area contributed by atoms with Gasteiger partial charge in [-0.3, -0.25) is 4.98 Å². The summed E-state index contributed by atoms with van der Waals surface area (Å²) in [6, 6.07) is 0. The van der Waals surface area contributed by atoms with E-state index in [4.69, 9.17) is 23.2 Å². The highest BCUT2D eigenvalue weighted by atomic mass is 79.9. The van der Waals surface area contributed by atoms with Gasteiger partial charge in [-0.1, -0.05) is 23.2 Å². The molecule has 16 heavy (non-hydrogen) atoms. The first-order valence-electron chi connectivity index (χ1n) is 3.57. The van der Waals surface area contributed by atoms with Gasteiger partial charge in [0.25, 0.3) is 0 Å². The van der Waals surface area contributed by atoms with Gasteiger partial charge in [0.15, 0.2) is 5.75 Å². The lowest BCUT2D eigenvalue weighted by molar-refractivity contribution is -0.266. The lowest BCUT2D eigenvalue weighted by Gasteiger charge is -2.22. The van der Waals surface area contributed by atoms with Crippen LogP contribution in [0.5, 0.6) is 5.75 Å². The highest BCUT2D eigenvalue weighted by Gasteiger charge is 2.58. The molecule has 90 valence electrons. The van der Waals surface area contributed by atoms with E-state index in [1.807, 2.05) is 0 Å². The molecule has 0 aromatic carbocycles. The third kappa shape index (κ3) is 2.89. The number of hydrogen-bond acceptors (Lipinski definition) is 2. The van der Waals surface area contributed by atoms with E-state index in [2.05, 4.69) is 9.72 Å². The number of halogens is 7. The van der Waals surface area contributed by atoms with Crippen LogP contribution in [-0.2, 0) is 0 Å². The fourth-order valence-corrected chi connectivity index (χ4v) is 1.21. The molecule has 0 saturated carbocycles. The number of aromatic nitrogens is 1. The van der Waals surface area contributed by atoms with Crippen molar-refractivity contribution in [1.82, 2.24) is 4.98 Å². The van der Waals surface area contributed by atoms with Crippen molar-refractivity contribution < 1.29 is 22.3 Å². The van der Waals surface area contributed by atoms with Crippen LogP contribution >= 0.6 is 39.1 Å². The smallest absolute Gasteiger partial charge is 0.424 e. The van der Waals surface area contributed by atoms with Gasteiger partial charge in [0.1, 0.15) is 10.0 Å². The number of nitrogens with zero attached hydrogens (tertiary/aromatic N) is 1. The van der Waals surface area contributed by atoms with E-state index in [0.29, 0.717) is 0 Å². The SMILES string of the molecule is FC(F)(Br)C(F)(F)Oc1c(Cl)cncc1Cl. The van der Waals surface area contributed by atoms with Gasteiger partial charge in [0.05, 0.1) is 0 Å². The second kappa shape index (κ2) is 4.54. The van der Waals surface area contributed by atoms with Crippen molar-refractivity contribution in [3.05, 3.63) is 22.4 Å². The van der Waals surface area contributed by atoms with Gasteiger partial charge in [-0.2, -0.15) is 17.6 Å². The quantitative estimate of drug-likeness (QED) is 0.602. The Morgan fingerprint density at radius 1 is 1.12 bits per heavy atom. The fourth-order valence-electron chi connectivity index (χ4n) is 0.683. The highest BCUT2D eigenvalue weighted by Crippen LogP contribution is 2.43. The van der Waals surface area contributed by atoms with Crippen molar-refractivity contribution in [2.45, 2.75) is 10.9 Å². The molecule has 0 amide bonds. The summed E-state index contributed by atoms with van der Waals surface area (Å²) in [6.07, 6.45) is -2.92. The first-order valence-corrected chi connectivity index (χ1v) is 5.12. The Balaban J connectivity index is 3.06. The Hall–Kier alpha value is -0.270. The molecule has 0 atom stereocenters. The van der Waals surface area contributed by atoms with Crippen molar-refractivity contribution in [2.75, 3.05) is 0 Å². The standard InChI is InChI=1S/C7H2BrCl2F4NO/c8-6(11,12)7(13,14)16-5-3(9)1-15-2-4(5)10/h1-2H. The molecule has 0 spiro atoms. The third-order valence-electron chi connectivity index (χ3n) is 1.37. The van der Waals surface area contributed by atoms with Gasteiger partial charge in [0, 0.05) is 28.3 Å². The van der Waals surface area contributed by atoms with Gasteiger partial charge >= 0.3 is 10.9 Å². The lowest BCUT2D eigenvalue weighted by Crippen LogP contribution is -2.40. The molecule has 0 bridgehead atoms. The summed E-state index contributed by atoms with van der Waals surface area (Å²) < 4.78 is 54.2. The van der Waals surface area contributed by atoms with E-state index in [1.54, 1.807) is 0 Å². The Kier molecular flexibility index (Phi) is 3.91. The topological polar surface area (TPSA) is 22.1 Å². The molecule has 2 nitrogen and oxygen atoms in total. The summed E-state index contributed by atoms with van der Waals surface area (Å²) in [6.45, 7) is 0. The highest BCUT2D eigenvalue weighted by molar-refractivity contribution is 9.10. The normalized spacial score (nSPS) is 12.7. The zero-order valence-electron chi connectivity index (χ0n) is 7.16. The van der Waals surface area contributed by atoms with E-state index >= 15 is 0 Å². The zero-order chi connectivity index (χ0) is 12.6. The van der Waals surface area contributed by atoms with Crippen LogP contribution in [-0.4, -0.2) is 15.9 Å². The van der Waals surface area contributed by atoms with Crippen LogP contribution in [0.4, 0.5) is 17.6 Å². The molecule has 0 N–H and O–H groups in total. The van der Waals surface area contributed by atoms with E-state index < -0.39 is 26.7 Å². The van der Waals surface area contributed by atoms with Gasteiger partial charge < -0.3 is 4.74 Å². The molecule has 0 saturated heterocycles. The van der Waals surface area contributed by atoms with Crippen molar-refractivity contribution in [3.63, 3.8) is 0 Å². The average molecular weight is 343 g/mol. The van der Waals surface area contributed by atoms with Crippen LogP contribution in [0.15, 0.2) is 12.4 Å². The molecule has 1 aromatic rings. The van der Waals surface area contributed by atoms with E-state index in [9.17, 15) is 17.6 Å². The van der Waals surface area contributed by atoms with Gasteiger partial charge in [-0.25, -0.2) is 0 Å². The Labute approximate surface area is 106 Å². The van der Waals surface area contributed by atoms with Crippen LogP contribution in [0.3, 0.4) is 0 Å². The van der Waals surface area contributed by atoms with Crippen LogP contribution in [0, 0.1) is 0 Å². The molecule has 0 aliphatic carbocycles. The molecule has 1 heterocycles. The summed E-state index contributed by atoms with van der Waals surface area (Å²) in [5, 5.41) is -0.798. The molecule has 0 aliphatic rings. The van der Waals surface area contributed by atoms with Crippen LogP contribution in [0.1, 0.15) is 0 Å². The number of alkyl halides is 5. The Morgan fingerprint density at radius 3 is 1.94 bits per heavy atom. The van der Waals surface area contributed by atoms with Crippen LogP contribution in [0.25, 0.3) is 0 Å². The predicted octanol–water partition coefficient (Wildman–Crippen LogP) is 4.35. The van der Waals surface area contributed by atoms with Crippen molar-refractivity contribution in [1.29, 1.82) is 0 Å². The van der Waals surface area contributed by atoms with Crippen LogP contribution < -0.4 is 4.74 Å². The molecule has 9 heteroatoms. The molecule has 0 unspecified atom stereocenters. The first kappa shape index (κ1) is 13.8. The summed E-state index contributed by atoms with van der Waals surface area (Å²) in [5.41, 5.74) is 0. The molecule has 1 aromatic heterocycles. The molecule has 1 rings (SSSR count). The predicted molar refractivity (Wildman–Crippen MR) is 53.7 cm³/mol. The average Bonchev–Trinajstić information content (AvgIpc) is 2.10. The fraction of sp³-hybridized carbons (Fsp3) is 0.286. The number of rotatable bonds is 3. The minimum absolute atomic E-state index is 0.399. The summed E-state index contributed by atoms with van der Waals surface area (Å²) in [4.78, 5) is -1.10. The molecule has 0 fully saturated rings. The maximum Gasteiger partial charge on any atom is 0.475 e. The molecular formula is C7H2BrCl2F4NO. The Bertz CT molecular complexity index is 378. The maximum atomic E-state index is 12.8. The Morgan fingerprint density at radius 2 is 1.56 bits per heavy atom. The minimum Gasteiger partial charge on any atom is -0.424 e. The molecular weight excluding hydrogens is 341 g/mol. The number of pyridine rings is 1. The van der Waals surface area contributed by atoms with Crippen molar-refractivity contribution in [2.24, 2.45) is 0 Å². The zero-order valence-corrected chi connectivity index (χ0v) is 10.3. The van der Waals surface area contributed by atoms with Gasteiger partial charge in [0.2, 0.25) is 0 Å². The van der Waals surface area contributed by atoms with Crippen molar-refractivity contribution in [3.8, 4) is 5.75 Å². The summed E-state index contributed by atoms with van der Waals surface area (Å²) >= 11 is 12.3. The minimum atomic E-state index is -4.79. The molecule has 0 radical (unpaired) electrons. The number of hydrogen-bond donors (Lipinski definition) is 0. The lowest BCUT2D eigenvalue weighted by atomic mass is 10.4. The second-order valence-electron chi connectivity index (χ2n) is 2.55. The third-order valence-corrected chi connectivity index (χ3v) is 2.37. The van der Waals surface area contributed by atoms with Gasteiger partial charge in [-0.15, -0.1) is 0 Å². The monoisotopic (exact) mass is 341 g/mol. The maximum absolute atomic E-state index is 12.8. The first-order chi connectivity index (χ1) is 7.15. The van der Waals surface area contributed by atoms with E-state index in [-0.39, 0.29) is 0 Å². The number of ether oxygens (including phenoxy) is 1. The largest absolute Gasteiger partial charge is 0.475 e. The van der Waals surface area contributed by atoms with Crippen molar-refractivity contribution >= 4 is 39.1 Å². The summed E-state index contributed by atoms with van der Waals surface area (Å²) in [5.74, 6) is -0.762. The van der Waals surface area contributed by atoms with Gasteiger partial charge in [-0.05, 0) is 0 Å². The summed E-state index contributed by atoms with van der Waals surface area (Å²) in [7, 11) is 0. The van der Waals surface area contributed by atoms with E-state index in [0.717, 1.165) is 12.4 Å². The molecule has 0 aliphatic heterocycles. The second-order valence-corrected chi connectivity index (χ2v) is 4.36. The van der Waals surface area contributed by atoms with Crippen LogP contribution in [0.2, 0.25) is 10.0 Å². The van der Waals surface area contributed by atoms with E-state index in [1.165, 1.54) is 15.9 Å².